The first-order chi connectivity index (χ1) is 11.3. The molecule has 0 unspecified atom stereocenters. The number of hydrogen-bond acceptors (Lipinski definition) is 4. The predicted octanol–water partition coefficient (Wildman–Crippen LogP) is 1.55. The second-order valence-corrected chi connectivity index (χ2v) is 6.63. The van der Waals surface area contributed by atoms with Gasteiger partial charge in [-0.25, -0.2) is 0 Å². The third kappa shape index (κ3) is 7.61. The van der Waals surface area contributed by atoms with Crippen LogP contribution in [0.1, 0.15) is 30.9 Å². The van der Waals surface area contributed by atoms with E-state index >= 15 is 0 Å². The van der Waals surface area contributed by atoms with E-state index in [1.807, 2.05) is 44.1 Å². The summed E-state index contributed by atoms with van der Waals surface area (Å²) in [7, 11) is 3.96. The van der Waals surface area contributed by atoms with Gasteiger partial charge in [0.05, 0.1) is 0 Å². The summed E-state index contributed by atoms with van der Waals surface area (Å²) in [4.78, 5) is 13.9. The maximum Gasteiger partial charge on any atom is 0.276 e. The Morgan fingerprint density at radius 2 is 2.00 bits per heavy atom. The first kappa shape index (κ1) is 20.2. The molecule has 0 spiro atoms. The van der Waals surface area contributed by atoms with Crippen LogP contribution in [-0.4, -0.2) is 49.7 Å². The average Bonchev–Trinajstić information content (AvgIpc) is 2.50. The number of nitrogens with zero attached hydrogens (tertiary/aromatic N) is 1. The summed E-state index contributed by atoms with van der Waals surface area (Å²) >= 11 is 5.08. The van der Waals surface area contributed by atoms with E-state index in [0.29, 0.717) is 17.6 Å². The van der Waals surface area contributed by atoms with Crippen molar-refractivity contribution in [3.05, 3.63) is 29.3 Å². The van der Waals surface area contributed by atoms with Crippen LogP contribution in [0, 0.1) is 6.92 Å². The Kier molecular flexibility index (Phi) is 8.49. The fourth-order valence-corrected chi connectivity index (χ4v) is 2.14. The number of benzene rings is 1. The summed E-state index contributed by atoms with van der Waals surface area (Å²) in [5.41, 5.74) is 7.37. The van der Waals surface area contributed by atoms with E-state index in [4.69, 9.17) is 17.0 Å². The minimum Gasteiger partial charge on any atom is -0.483 e. The number of rotatable bonds is 7. The molecule has 0 aromatic heterocycles. The molecular formula is C17H28N4O2S. The van der Waals surface area contributed by atoms with Crippen LogP contribution in [0.4, 0.5) is 0 Å². The zero-order valence-electron chi connectivity index (χ0n) is 15.1. The number of hydrogen-bond donors (Lipinski definition) is 3. The Balaban J connectivity index is 2.39. The lowest BCUT2D eigenvalue weighted by Gasteiger charge is -2.16. The smallest absolute Gasteiger partial charge is 0.276 e. The van der Waals surface area contributed by atoms with E-state index in [2.05, 4.69) is 30.0 Å². The van der Waals surface area contributed by atoms with Crippen LogP contribution in [-0.2, 0) is 4.79 Å². The van der Waals surface area contributed by atoms with Crippen molar-refractivity contribution in [2.24, 2.45) is 0 Å². The number of aryl methyl sites for hydroxylation is 1. The average molecular weight is 353 g/mol. The molecule has 7 heteroatoms. The molecule has 1 aromatic carbocycles. The van der Waals surface area contributed by atoms with Crippen molar-refractivity contribution >= 4 is 23.2 Å². The fraction of sp³-hybridized carbons (Fsp3) is 0.529. The van der Waals surface area contributed by atoms with Gasteiger partial charge in [-0.1, -0.05) is 26.0 Å². The van der Waals surface area contributed by atoms with Gasteiger partial charge >= 0.3 is 0 Å². The van der Waals surface area contributed by atoms with E-state index in [9.17, 15) is 4.79 Å². The molecule has 0 radical (unpaired) electrons. The molecule has 0 aliphatic carbocycles. The number of amides is 1. The van der Waals surface area contributed by atoms with Crippen molar-refractivity contribution < 1.29 is 9.53 Å². The second kappa shape index (κ2) is 10.1. The molecule has 0 heterocycles. The molecule has 0 saturated heterocycles. The highest BCUT2D eigenvalue weighted by Gasteiger charge is 2.10. The summed E-state index contributed by atoms with van der Waals surface area (Å²) in [6.07, 6.45) is 0. The monoisotopic (exact) mass is 352 g/mol. The molecular weight excluding hydrogens is 324 g/mol. The van der Waals surface area contributed by atoms with Gasteiger partial charge in [-0.2, -0.15) is 0 Å². The Labute approximate surface area is 149 Å². The van der Waals surface area contributed by atoms with Gasteiger partial charge in [0.15, 0.2) is 11.7 Å². The zero-order valence-corrected chi connectivity index (χ0v) is 15.9. The highest BCUT2D eigenvalue weighted by Crippen LogP contribution is 2.27. The first-order valence-corrected chi connectivity index (χ1v) is 8.41. The third-order valence-electron chi connectivity index (χ3n) is 3.31. The summed E-state index contributed by atoms with van der Waals surface area (Å²) in [5, 5.41) is 3.38. The van der Waals surface area contributed by atoms with Crippen LogP contribution in [0.25, 0.3) is 0 Å². The number of thiocarbonyl (C=S) groups is 1. The molecule has 0 bridgehead atoms. The van der Waals surface area contributed by atoms with Crippen molar-refractivity contribution in [2.75, 3.05) is 33.8 Å². The van der Waals surface area contributed by atoms with E-state index in [0.717, 1.165) is 23.4 Å². The lowest BCUT2D eigenvalue weighted by molar-refractivity contribution is -0.123. The summed E-state index contributed by atoms with van der Waals surface area (Å²) in [6, 6.07) is 6.03. The van der Waals surface area contributed by atoms with Gasteiger partial charge in [0.1, 0.15) is 5.75 Å². The Hall–Kier alpha value is -1.86. The van der Waals surface area contributed by atoms with Gasteiger partial charge in [0, 0.05) is 13.1 Å². The number of ether oxygens (including phenoxy) is 1. The fourth-order valence-electron chi connectivity index (χ4n) is 1.99. The molecule has 0 aliphatic rings. The topological polar surface area (TPSA) is 65.6 Å². The van der Waals surface area contributed by atoms with E-state index in [1.54, 1.807) is 0 Å². The van der Waals surface area contributed by atoms with Crippen molar-refractivity contribution in [3.63, 3.8) is 0 Å². The predicted molar refractivity (Wildman–Crippen MR) is 101 cm³/mol. The largest absolute Gasteiger partial charge is 0.483 e. The van der Waals surface area contributed by atoms with Crippen molar-refractivity contribution in [2.45, 2.75) is 26.7 Å². The van der Waals surface area contributed by atoms with Crippen LogP contribution >= 0.6 is 12.2 Å². The van der Waals surface area contributed by atoms with Crippen LogP contribution in [0.3, 0.4) is 0 Å². The van der Waals surface area contributed by atoms with E-state index in [1.165, 1.54) is 0 Å². The van der Waals surface area contributed by atoms with Gasteiger partial charge in [-0.05, 0) is 56.3 Å². The van der Waals surface area contributed by atoms with Crippen molar-refractivity contribution in [1.29, 1.82) is 0 Å². The van der Waals surface area contributed by atoms with Crippen LogP contribution in [0.5, 0.6) is 5.75 Å². The maximum atomic E-state index is 11.9. The molecule has 24 heavy (non-hydrogen) atoms. The highest BCUT2D eigenvalue weighted by molar-refractivity contribution is 7.80. The van der Waals surface area contributed by atoms with Crippen molar-refractivity contribution in [3.8, 4) is 5.75 Å². The van der Waals surface area contributed by atoms with Gasteiger partial charge in [-0.15, -0.1) is 0 Å². The lowest BCUT2D eigenvalue weighted by Crippen LogP contribution is -2.49. The molecule has 1 aromatic rings. The molecule has 1 amide bonds. The number of hydrazine groups is 1. The number of likely N-dealkylation sites (N-methyl/N-ethyl adjacent to an activating group) is 1. The standard InChI is InChI=1S/C17H28N4O2S/c1-12(2)14-7-6-13(3)10-15(14)23-11-16(22)19-20-17(24)18-8-9-21(4)5/h6-7,10,12H,8-9,11H2,1-5H3,(H,19,22)(H2,18,20,24). The number of carbonyl (C=O) groups excluding carboxylic acids is 1. The Morgan fingerprint density at radius 1 is 1.29 bits per heavy atom. The minimum absolute atomic E-state index is 0.0729. The summed E-state index contributed by atoms with van der Waals surface area (Å²) in [6.45, 7) is 7.66. The third-order valence-corrected chi connectivity index (χ3v) is 3.56. The quantitative estimate of drug-likeness (QED) is 0.511. The molecule has 6 nitrogen and oxygen atoms in total. The SMILES string of the molecule is Cc1ccc(C(C)C)c(OCC(=O)NNC(=S)NCCN(C)C)c1. The molecule has 1 rings (SSSR count). The normalized spacial score (nSPS) is 10.6. The summed E-state index contributed by atoms with van der Waals surface area (Å²) < 4.78 is 5.66. The molecule has 0 fully saturated rings. The van der Waals surface area contributed by atoms with Gasteiger partial charge in [0.2, 0.25) is 0 Å². The Bertz CT molecular complexity index is 562. The second-order valence-electron chi connectivity index (χ2n) is 6.22. The van der Waals surface area contributed by atoms with Crippen molar-refractivity contribution in [1.82, 2.24) is 21.1 Å². The van der Waals surface area contributed by atoms with Gasteiger partial charge in [-0.3, -0.25) is 15.6 Å². The number of nitrogens with one attached hydrogen (secondary N) is 3. The minimum atomic E-state index is -0.289. The van der Waals surface area contributed by atoms with E-state index in [-0.39, 0.29) is 12.5 Å². The van der Waals surface area contributed by atoms with Gasteiger partial charge in [0.25, 0.3) is 5.91 Å². The Morgan fingerprint density at radius 3 is 2.62 bits per heavy atom. The molecule has 0 atom stereocenters. The number of carbonyl (C=O) groups is 1. The zero-order chi connectivity index (χ0) is 18.1. The summed E-state index contributed by atoms with van der Waals surface area (Å²) in [5.74, 6) is 0.782. The molecule has 0 saturated carbocycles. The maximum absolute atomic E-state index is 11.9. The first-order valence-electron chi connectivity index (χ1n) is 8.00. The van der Waals surface area contributed by atoms with Crippen LogP contribution < -0.4 is 20.9 Å². The van der Waals surface area contributed by atoms with Crippen LogP contribution in [0.2, 0.25) is 0 Å². The molecule has 0 aliphatic heterocycles. The lowest BCUT2D eigenvalue weighted by atomic mass is 10.0. The molecule has 3 N–H and O–H groups in total. The van der Waals surface area contributed by atoms with Crippen LogP contribution in [0.15, 0.2) is 18.2 Å². The highest BCUT2D eigenvalue weighted by atomic mass is 32.1. The van der Waals surface area contributed by atoms with E-state index < -0.39 is 0 Å². The van der Waals surface area contributed by atoms with Gasteiger partial charge < -0.3 is 15.0 Å². The molecule has 134 valence electrons.